The lowest BCUT2D eigenvalue weighted by Gasteiger charge is -2.28. The molecule has 0 unspecified atom stereocenters. The fourth-order valence-corrected chi connectivity index (χ4v) is 3.62. The first-order valence-corrected chi connectivity index (χ1v) is 9.30. The van der Waals surface area contributed by atoms with Crippen molar-refractivity contribution in [2.75, 3.05) is 31.2 Å². The zero-order valence-corrected chi connectivity index (χ0v) is 15.3. The second-order valence-electron chi connectivity index (χ2n) is 6.80. The number of fused-ring (bicyclic) bond motifs is 1. The summed E-state index contributed by atoms with van der Waals surface area (Å²) in [7, 11) is 0. The Labute approximate surface area is 162 Å². The number of benzene rings is 1. The fraction of sp³-hybridized carbons (Fsp3) is 0.182. The molecular weight excluding hydrogens is 355 g/mol. The number of ether oxygens (including phenoxy) is 1. The van der Waals surface area contributed by atoms with Gasteiger partial charge in [-0.15, -0.1) is 0 Å². The van der Waals surface area contributed by atoms with Gasteiger partial charge < -0.3 is 9.64 Å². The molecule has 1 fully saturated rings. The van der Waals surface area contributed by atoms with Gasteiger partial charge in [-0.3, -0.25) is 9.38 Å². The van der Waals surface area contributed by atoms with Crippen LogP contribution in [0.5, 0.6) is 0 Å². The number of anilines is 1. The zero-order chi connectivity index (χ0) is 18.9. The molecule has 0 bridgehead atoms. The van der Waals surface area contributed by atoms with Crippen LogP contribution >= 0.6 is 0 Å². The summed E-state index contributed by atoms with van der Waals surface area (Å²) in [6, 6.07) is 13.6. The predicted molar refractivity (Wildman–Crippen MR) is 107 cm³/mol. The molecule has 0 saturated carbocycles. The molecule has 1 saturated heterocycles. The van der Waals surface area contributed by atoms with Crippen LogP contribution in [-0.2, 0) is 4.74 Å². The maximum Gasteiger partial charge on any atom is 0.173 e. The highest BCUT2D eigenvalue weighted by Crippen LogP contribution is 2.28. The molecule has 0 N–H and O–H groups in total. The van der Waals surface area contributed by atoms with Crippen LogP contribution in [0.2, 0.25) is 0 Å². The molecule has 5 rings (SSSR count). The smallest absolute Gasteiger partial charge is 0.173 e. The van der Waals surface area contributed by atoms with E-state index < -0.39 is 0 Å². The van der Waals surface area contributed by atoms with Gasteiger partial charge in [0.05, 0.1) is 25.1 Å². The van der Waals surface area contributed by atoms with Crippen LogP contribution in [0.4, 0.5) is 10.1 Å². The first-order chi connectivity index (χ1) is 13.8. The molecule has 28 heavy (non-hydrogen) atoms. The van der Waals surface area contributed by atoms with E-state index in [1.165, 1.54) is 11.8 Å². The molecule has 0 radical (unpaired) electrons. The Morgan fingerprint density at radius 1 is 0.929 bits per heavy atom. The molecule has 1 aromatic carbocycles. The average Bonchev–Trinajstić information content (AvgIpc) is 3.20. The van der Waals surface area contributed by atoms with Crippen LogP contribution < -0.4 is 4.90 Å². The number of morpholine rings is 1. The highest BCUT2D eigenvalue weighted by Gasteiger charge is 2.14. The molecule has 0 spiro atoms. The first kappa shape index (κ1) is 16.9. The van der Waals surface area contributed by atoms with E-state index in [1.54, 1.807) is 23.0 Å². The largest absolute Gasteiger partial charge is 0.378 e. The van der Waals surface area contributed by atoms with Gasteiger partial charge >= 0.3 is 0 Å². The molecule has 1 aliphatic rings. The molecule has 140 valence electrons. The minimum atomic E-state index is -0.350. The summed E-state index contributed by atoms with van der Waals surface area (Å²) in [5.41, 5.74) is 4.97. The van der Waals surface area contributed by atoms with Crippen molar-refractivity contribution in [3.05, 3.63) is 73.1 Å². The summed E-state index contributed by atoms with van der Waals surface area (Å²) >= 11 is 0. The van der Waals surface area contributed by atoms with E-state index in [0.717, 1.165) is 48.7 Å². The molecule has 3 aromatic heterocycles. The highest BCUT2D eigenvalue weighted by atomic mass is 19.1. The third kappa shape index (κ3) is 3.01. The molecule has 0 amide bonds. The Hall–Kier alpha value is -3.25. The standard InChI is InChI=1S/C22H19FN4O/c23-20-12-18(17-2-1-7-24-13-17)15-27-21(14-25-22(20)27)16-3-5-19(6-4-16)26-8-10-28-11-9-26/h1-7,12-15H,8-11H2. The van der Waals surface area contributed by atoms with Gasteiger partial charge in [-0.05, 0) is 24.3 Å². The van der Waals surface area contributed by atoms with Crippen molar-refractivity contribution in [1.29, 1.82) is 0 Å². The second kappa shape index (κ2) is 7.05. The molecule has 0 atom stereocenters. The minimum Gasteiger partial charge on any atom is -0.378 e. The van der Waals surface area contributed by atoms with Crippen molar-refractivity contribution in [3.63, 3.8) is 0 Å². The third-order valence-electron chi connectivity index (χ3n) is 5.10. The van der Waals surface area contributed by atoms with Crippen molar-refractivity contribution < 1.29 is 9.13 Å². The monoisotopic (exact) mass is 374 g/mol. The lowest BCUT2D eigenvalue weighted by molar-refractivity contribution is 0.122. The van der Waals surface area contributed by atoms with Crippen LogP contribution in [0, 0.1) is 5.82 Å². The average molecular weight is 374 g/mol. The predicted octanol–water partition coefficient (Wildman–Crippen LogP) is 4.04. The second-order valence-corrected chi connectivity index (χ2v) is 6.80. The van der Waals surface area contributed by atoms with Gasteiger partial charge in [0.15, 0.2) is 11.5 Å². The van der Waals surface area contributed by atoms with Crippen molar-refractivity contribution in [2.24, 2.45) is 0 Å². The van der Waals surface area contributed by atoms with Crippen molar-refractivity contribution in [2.45, 2.75) is 0 Å². The van der Waals surface area contributed by atoms with Gasteiger partial charge in [0.1, 0.15) is 0 Å². The van der Waals surface area contributed by atoms with E-state index >= 15 is 0 Å². The van der Waals surface area contributed by atoms with E-state index in [0.29, 0.717) is 5.65 Å². The van der Waals surface area contributed by atoms with E-state index in [-0.39, 0.29) is 5.82 Å². The molecule has 5 nitrogen and oxygen atoms in total. The van der Waals surface area contributed by atoms with E-state index in [4.69, 9.17) is 4.74 Å². The molecule has 6 heteroatoms. The molecule has 4 heterocycles. The number of halogens is 1. The van der Waals surface area contributed by atoms with Gasteiger partial charge in [0.25, 0.3) is 0 Å². The minimum absolute atomic E-state index is 0.319. The van der Waals surface area contributed by atoms with Crippen LogP contribution in [0.25, 0.3) is 28.0 Å². The zero-order valence-electron chi connectivity index (χ0n) is 15.3. The number of pyridine rings is 2. The Kier molecular flexibility index (Phi) is 4.25. The van der Waals surface area contributed by atoms with Gasteiger partial charge in [-0.25, -0.2) is 9.37 Å². The molecule has 4 aromatic rings. The van der Waals surface area contributed by atoms with Gasteiger partial charge in [0.2, 0.25) is 0 Å². The third-order valence-corrected chi connectivity index (χ3v) is 5.10. The lowest BCUT2D eigenvalue weighted by atomic mass is 10.1. The maximum absolute atomic E-state index is 14.6. The van der Waals surface area contributed by atoms with Crippen LogP contribution in [0.1, 0.15) is 0 Å². The Morgan fingerprint density at radius 3 is 2.50 bits per heavy atom. The lowest BCUT2D eigenvalue weighted by Crippen LogP contribution is -2.36. The van der Waals surface area contributed by atoms with Crippen LogP contribution in [-0.4, -0.2) is 40.7 Å². The Balaban J connectivity index is 1.54. The highest BCUT2D eigenvalue weighted by molar-refractivity contribution is 5.70. The summed E-state index contributed by atoms with van der Waals surface area (Å²) in [5, 5.41) is 0. The molecule has 0 aliphatic carbocycles. The summed E-state index contributed by atoms with van der Waals surface area (Å²) < 4.78 is 21.9. The SMILES string of the molecule is Fc1cc(-c2cccnc2)cn2c(-c3ccc(N4CCOCC4)cc3)cnc12. The van der Waals surface area contributed by atoms with Crippen LogP contribution in [0.15, 0.2) is 67.3 Å². The maximum atomic E-state index is 14.6. The summed E-state index contributed by atoms with van der Waals surface area (Å²) in [6.07, 6.45) is 7.06. The molecular formula is C22H19FN4O. The van der Waals surface area contributed by atoms with Crippen molar-refractivity contribution >= 4 is 11.3 Å². The molecule has 1 aliphatic heterocycles. The Bertz CT molecular complexity index is 1100. The van der Waals surface area contributed by atoms with Crippen molar-refractivity contribution in [1.82, 2.24) is 14.4 Å². The van der Waals surface area contributed by atoms with E-state index in [2.05, 4.69) is 39.1 Å². The number of rotatable bonds is 3. The van der Waals surface area contributed by atoms with Gasteiger partial charge in [-0.1, -0.05) is 18.2 Å². The summed E-state index contributed by atoms with van der Waals surface area (Å²) in [6.45, 7) is 3.31. The van der Waals surface area contributed by atoms with Gasteiger partial charge in [0, 0.05) is 54.1 Å². The Morgan fingerprint density at radius 2 is 1.75 bits per heavy atom. The van der Waals surface area contributed by atoms with Crippen LogP contribution in [0.3, 0.4) is 0 Å². The quantitative estimate of drug-likeness (QED) is 0.543. The summed E-state index contributed by atoms with van der Waals surface area (Å²) in [5.74, 6) is -0.350. The van der Waals surface area contributed by atoms with Gasteiger partial charge in [-0.2, -0.15) is 0 Å². The number of nitrogens with zero attached hydrogens (tertiary/aromatic N) is 4. The fourth-order valence-electron chi connectivity index (χ4n) is 3.62. The normalized spacial score (nSPS) is 14.5. The number of hydrogen-bond donors (Lipinski definition) is 0. The van der Waals surface area contributed by atoms with Crippen molar-refractivity contribution in [3.8, 4) is 22.4 Å². The number of aromatic nitrogens is 3. The number of imidazole rings is 1. The number of hydrogen-bond acceptors (Lipinski definition) is 4. The van der Waals surface area contributed by atoms with E-state index in [1.807, 2.05) is 18.3 Å². The first-order valence-electron chi connectivity index (χ1n) is 9.30. The topological polar surface area (TPSA) is 42.7 Å². The summed E-state index contributed by atoms with van der Waals surface area (Å²) in [4.78, 5) is 10.7. The van der Waals surface area contributed by atoms with E-state index in [9.17, 15) is 4.39 Å².